The van der Waals surface area contributed by atoms with E-state index in [0.29, 0.717) is 5.92 Å². The van der Waals surface area contributed by atoms with E-state index in [0.717, 1.165) is 0 Å². The first-order valence-corrected chi connectivity index (χ1v) is 6.55. The molecule has 0 heterocycles. The van der Waals surface area contributed by atoms with Crippen LogP contribution in [0, 0.1) is 5.92 Å². The first kappa shape index (κ1) is 12.6. The fourth-order valence-electron chi connectivity index (χ4n) is 2.30. The molecule has 92 valence electrons. The molecule has 1 aliphatic carbocycles. The molecular weight excluding hydrogens is 216 g/mol. The van der Waals surface area contributed by atoms with E-state index in [9.17, 15) is 0 Å². The first-order valence-electron chi connectivity index (χ1n) is 6.55. The summed E-state index contributed by atoms with van der Waals surface area (Å²) in [5.41, 5.74) is 0. The van der Waals surface area contributed by atoms with Crippen molar-refractivity contribution in [3.63, 3.8) is 0 Å². The molecule has 0 saturated heterocycles. The Morgan fingerprint density at radius 2 is 2.00 bits per heavy atom. The van der Waals surface area contributed by atoms with Gasteiger partial charge in [0.1, 0.15) is 0 Å². The van der Waals surface area contributed by atoms with Crippen LogP contribution in [0.15, 0.2) is 36.4 Å². The minimum absolute atomic E-state index is 0.494. The van der Waals surface area contributed by atoms with Gasteiger partial charge in [0, 0.05) is 0 Å². The Kier molecular flexibility index (Phi) is 3.99. The van der Waals surface area contributed by atoms with Crippen molar-refractivity contribution in [3.8, 4) is 0 Å². The van der Waals surface area contributed by atoms with E-state index in [4.69, 9.17) is 0 Å². The Hall–Kier alpha value is -1.82. The van der Waals surface area contributed by atoms with E-state index >= 15 is 0 Å². The molecule has 0 radical (unpaired) electrons. The molecule has 0 nitrogen and oxygen atoms in total. The summed E-state index contributed by atoms with van der Waals surface area (Å²) in [5.74, 6) is 0.494. The maximum atomic E-state index is 2.32. The van der Waals surface area contributed by atoms with Crippen molar-refractivity contribution in [2.24, 2.45) is 5.92 Å². The van der Waals surface area contributed by atoms with Gasteiger partial charge < -0.3 is 0 Å². The fourth-order valence-corrected chi connectivity index (χ4v) is 2.30. The molecule has 1 atom stereocenters. The Balaban J connectivity index is 2.96. The Bertz CT molecular complexity index is 713. The molecule has 0 aliphatic heterocycles. The van der Waals surface area contributed by atoms with Crippen LogP contribution in [0.25, 0.3) is 24.3 Å². The number of fused-ring (bicyclic) bond motifs is 1. The van der Waals surface area contributed by atoms with Crippen LogP contribution >= 0.6 is 0 Å². The summed E-state index contributed by atoms with van der Waals surface area (Å²) in [5, 5.41) is 5.25. The van der Waals surface area contributed by atoms with Crippen LogP contribution in [0.3, 0.4) is 0 Å². The normalized spacial score (nSPS) is 20.5. The van der Waals surface area contributed by atoms with E-state index in [2.05, 4.69) is 74.6 Å². The largest absolute Gasteiger partial charge is 0.0876 e. The number of hydrogen-bond donors (Lipinski definition) is 0. The Labute approximate surface area is 109 Å². The molecule has 0 amide bonds. The SMILES string of the molecule is C\C=C/C=c1/c2c(cc/c1=C/C)=CC(C)C=CC=2. The predicted octanol–water partition coefficient (Wildman–Crippen LogP) is 1.61. The molecule has 2 rings (SSSR count). The van der Waals surface area contributed by atoms with Crippen molar-refractivity contribution >= 4 is 24.3 Å². The van der Waals surface area contributed by atoms with Crippen molar-refractivity contribution in [2.75, 3.05) is 0 Å². The molecule has 18 heavy (non-hydrogen) atoms. The molecule has 0 heteroatoms. The highest BCUT2D eigenvalue weighted by Crippen LogP contribution is 1.99. The summed E-state index contributed by atoms with van der Waals surface area (Å²) in [4.78, 5) is 0. The lowest BCUT2D eigenvalue weighted by Gasteiger charge is -1.97. The average Bonchev–Trinajstić information content (AvgIpc) is 2.56. The van der Waals surface area contributed by atoms with Crippen molar-refractivity contribution in [1.82, 2.24) is 0 Å². The van der Waals surface area contributed by atoms with Gasteiger partial charge in [-0.1, -0.05) is 67.7 Å². The fraction of sp³-hybridized carbons (Fsp3) is 0.222. The molecule has 1 aromatic rings. The second-order valence-corrected chi connectivity index (χ2v) is 4.63. The van der Waals surface area contributed by atoms with Crippen LogP contribution in [0.1, 0.15) is 20.8 Å². The zero-order chi connectivity index (χ0) is 13.0. The summed E-state index contributed by atoms with van der Waals surface area (Å²) in [6, 6.07) is 4.42. The number of benzene rings is 1. The number of rotatable bonds is 1. The van der Waals surface area contributed by atoms with Gasteiger partial charge in [-0.25, -0.2) is 0 Å². The molecule has 1 unspecified atom stereocenters. The van der Waals surface area contributed by atoms with Gasteiger partial charge in [0.05, 0.1) is 0 Å². The van der Waals surface area contributed by atoms with Crippen LogP contribution in [-0.2, 0) is 0 Å². The second-order valence-electron chi connectivity index (χ2n) is 4.63. The van der Waals surface area contributed by atoms with Gasteiger partial charge in [-0.05, 0) is 40.6 Å². The van der Waals surface area contributed by atoms with Crippen LogP contribution in [-0.4, -0.2) is 0 Å². The summed E-state index contributed by atoms with van der Waals surface area (Å²) in [7, 11) is 0. The standard InChI is InChI=1S/C18H20/c1-4-6-9-17-15(5-2)11-12-16-13-14(3)8-7-10-18(16)17/h4-14H,1-3H3/b6-4-,15-5-,17-9+. The molecule has 0 fully saturated rings. The first-order chi connectivity index (χ1) is 8.76. The minimum Gasteiger partial charge on any atom is -0.0876 e. The third-order valence-corrected chi connectivity index (χ3v) is 3.24. The smallest absolute Gasteiger partial charge is 0.00695 e. The highest BCUT2D eigenvalue weighted by Gasteiger charge is 1.97. The second kappa shape index (κ2) is 5.68. The number of hydrogen-bond acceptors (Lipinski definition) is 0. The minimum atomic E-state index is 0.494. The maximum Gasteiger partial charge on any atom is -0.00695 e. The van der Waals surface area contributed by atoms with Crippen LogP contribution < -0.4 is 20.9 Å². The van der Waals surface area contributed by atoms with Crippen molar-refractivity contribution in [1.29, 1.82) is 0 Å². The van der Waals surface area contributed by atoms with Crippen LogP contribution in [0.5, 0.6) is 0 Å². The monoisotopic (exact) mass is 236 g/mol. The lowest BCUT2D eigenvalue weighted by atomic mass is 10.1. The molecule has 0 saturated carbocycles. The molecule has 0 bridgehead atoms. The molecular formula is C18H20. The van der Waals surface area contributed by atoms with Crippen molar-refractivity contribution < 1.29 is 0 Å². The third kappa shape index (κ3) is 2.53. The molecule has 0 aromatic heterocycles. The van der Waals surface area contributed by atoms with E-state index in [1.165, 1.54) is 20.9 Å². The van der Waals surface area contributed by atoms with Gasteiger partial charge >= 0.3 is 0 Å². The third-order valence-electron chi connectivity index (χ3n) is 3.24. The van der Waals surface area contributed by atoms with Crippen LogP contribution in [0.4, 0.5) is 0 Å². The van der Waals surface area contributed by atoms with Gasteiger partial charge in [-0.2, -0.15) is 0 Å². The van der Waals surface area contributed by atoms with Gasteiger partial charge in [-0.15, -0.1) is 0 Å². The van der Waals surface area contributed by atoms with E-state index in [-0.39, 0.29) is 0 Å². The molecule has 1 aliphatic rings. The van der Waals surface area contributed by atoms with Crippen molar-refractivity contribution in [3.05, 3.63) is 57.3 Å². The zero-order valence-electron chi connectivity index (χ0n) is 11.4. The lowest BCUT2D eigenvalue weighted by molar-refractivity contribution is 0.998. The van der Waals surface area contributed by atoms with E-state index in [1.54, 1.807) is 0 Å². The van der Waals surface area contributed by atoms with E-state index < -0.39 is 0 Å². The topological polar surface area (TPSA) is 0 Å². The Morgan fingerprint density at radius 1 is 1.17 bits per heavy atom. The van der Waals surface area contributed by atoms with Gasteiger partial charge in [0.15, 0.2) is 0 Å². The van der Waals surface area contributed by atoms with Gasteiger partial charge in [0.25, 0.3) is 0 Å². The van der Waals surface area contributed by atoms with Gasteiger partial charge in [-0.3, -0.25) is 0 Å². The quantitative estimate of drug-likeness (QED) is 0.695. The average molecular weight is 236 g/mol. The highest BCUT2D eigenvalue weighted by molar-refractivity contribution is 5.50. The maximum absolute atomic E-state index is 2.32. The molecule has 0 N–H and O–H groups in total. The highest BCUT2D eigenvalue weighted by atomic mass is 14.0. The Morgan fingerprint density at radius 3 is 2.72 bits per heavy atom. The predicted molar refractivity (Wildman–Crippen MR) is 81.6 cm³/mol. The van der Waals surface area contributed by atoms with Crippen LogP contribution in [0.2, 0.25) is 0 Å². The summed E-state index contributed by atoms with van der Waals surface area (Å²) >= 11 is 0. The lowest BCUT2D eigenvalue weighted by Crippen LogP contribution is -2.47. The zero-order valence-corrected chi connectivity index (χ0v) is 11.4. The van der Waals surface area contributed by atoms with Crippen molar-refractivity contribution in [2.45, 2.75) is 20.8 Å². The molecule has 1 aromatic carbocycles. The number of allylic oxidation sites excluding steroid dienone is 4. The summed E-state index contributed by atoms with van der Waals surface area (Å²) < 4.78 is 0. The van der Waals surface area contributed by atoms with Gasteiger partial charge in [0.2, 0.25) is 0 Å². The molecule has 0 spiro atoms. The summed E-state index contributed by atoms with van der Waals surface area (Å²) in [6.45, 7) is 6.35. The summed E-state index contributed by atoms with van der Waals surface area (Å²) in [6.07, 6.45) is 17.5. The van der Waals surface area contributed by atoms with E-state index in [1.807, 2.05) is 6.92 Å².